The molecule has 1 aromatic carbocycles. The number of ether oxygens (including phenoxy) is 1. The van der Waals surface area contributed by atoms with Crippen LogP contribution >= 0.6 is 0 Å². The zero-order chi connectivity index (χ0) is 13.4. The van der Waals surface area contributed by atoms with Gasteiger partial charge in [-0.2, -0.15) is 0 Å². The molecule has 0 aromatic heterocycles. The number of allylic oxidation sites excluding steroid dienone is 1. The van der Waals surface area contributed by atoms with Crippen LogP contribution in [0.5, 0.6) is 5.75 Å². The quantitative estimate of drug-likeness (QED) is 0.816. The fraction of sp³-hybridized carbons (Fsp3) is 0.400. The lowest BCUT2D eigenvalue weighted by atomic mass is 9.71. The fourth-order valence-corrected chi connectivity index (χ4v) is 3.04. The highest BCUT2D eigenvalue weighted by Gasteiger charge is 2.41. The average molecular weight is 259 g/mol. The Balaban J connectivity index is 1.80. The average Bonchev–Trinajstić information content (AvgIpc) is 2.77. The Morgan fingerprint density at radius 1 is 1.47 bits per heavy atom. The van der Waals surface area contributed by atoms with Crippen molar-refractivity contribution in [2.45, 2.75) is 18.9 Å². The molecule has 1 saturated carbocycles. The van der Waals surface area contributed by atoms with Crippen LogP contribution in [0, 0.1) is 11.8 Å². The summed E-state index contributed by atoms with van der Waals surface area (Å²) in [7, 11) is 1.60. The third kappa shape index (κ3) is 2.07. The molecule has 3 rings (SSSR count). The number of fused-ring (bicyclic) bond motifs is 1. The van der Waals surface area contributed by atoms with Gasteiger partial charge in [-0.1, -0.05) is 12.2 Å². The van der Waals surface area contributed by atoms with Crippen molar-refractivity contribution in [2.75, 3.05) is 12.4 Å². The summed E-state index contributed by atoms with van der Waals surface area (Å²) in [4.78, 5) is 11.0. The molecule has 4 heteroatoms. The first-order chi connectivity index (χ1) is 9.19. The summed E-state index contributed by atoms with van der Waals surface area (Å²) in [6, 6.07) is 5.30. The normalized spacial score (nSPS) is 27.5. The van der Waals surface area contributed by atoms with Crippen LogP contribution in [0.1, 0.15) is 23.2 Å². The van der Waals surface area contributed by atoms with Crippen molar-refractivity contribution in [3.63, 3.8) is 0 Å². The summed E-state index contributed by atoms with van der Waals surface area (Å²) in [6.07, 6.45) is 6.81. The van der Waals surface area contributed by atoms with E-state index in [0.29, 0.717) is 17.7 Å². The number of benzene rings is 1. The predicted molar refractivity (Wildman–Crippen MR) is 72.7 cm³/mol. The van der Waals surface area contributed by atoms with Crippen LogP contribution in [0.25, 0.3) is 0 Å². The molecule has 0 spiro atoms. The Bertz CT molecular complexity index is 538. The molecule has 0 radical (unpaired) electrons. The Hall–Kier alpha value is -1.97. The van der Waals surface area contributed by atoms with E-state index in [2.05, 4.69) is 17.5 Å². The minimum atomic E-state index is -0.919. The van der Waals surface area contributed by atoms with E-state index in [1.54, 1.807) is 25.3 Å². The summed E-state index contributed by atoms with van der Waals surface area (Å²) in [5.74, 6) is 1.12. The van der Waals surface area contributed by atoms with Gasteiger partial charge in [-0.05, 0) is 37.0 Å². The van der Waals surface area contributed by atoms with Crippen LogP contribution in [0.2, 0.25) is 0 Å². The monoisotopic (exact) mass is 259 g/mol. The van der Waals surface area contributed by atoms with Crippen molar-refractivity contribution in [3.05, 3.63) is 35.9 Å². The van der Waals surface area contributed by atoms with Crippen molar-refractivity contribution in [2.24, 2.45) is 11.8 Å². The largest absolute Gasteiger partial charge is 0.495 e. The van der Waals surface area contributed by atoms with Crippen LogP contribution in [0.4, 0.5) is 5.69 Å². The van der Waals surface area contributed by atoms with E-state index in [1.807, 2.05) is 0 Å². The second-order valence-electron chi connectivity index (χ2n) is 5.21. The first-order valence-corrected chi connectivity index (χ1v) is 6.53. The topological polar surface area (TPSA) is 58.6 Å². The van der Waals surface area contributed by atoms with E-state index in [4.69, 9.17) is 9.84 Å². The number of carbonyl (C=O) groups is 1. The molecule has 4 nitrogen and oxygen atoms in total. The van der Waals surface area contributed by atoms with E-state index in [1.165, 1.54) is 6.42 Å². The van der Waals surface area contributed by atoms with Gasteiger partial charge in [0, 0.05) is 12.0 Å². The van der Waals surface area contributed by atoms with Gasteiger partial charge in [0.25, 0.3) is 0 Å². The molecular weight excluding hydrogens is 242 g/mol. The standard InChI is InChI=1S/C15H17NO3/c1-19-14-6-5-10(15(17)18)8-13(14)16-12-7-9-3-2-4-11(9)12/h2,4-6,8-9,11-12,16H,3,7H2,1H3,(H,17,18). The van der Waals surface area contributed by atoms with E-state index in [0.717, 1.165) is 18.0 Å². The number of aromatic carboxylic acids is 1. The van der Waals surface area contributed by atoms with Gasteiger partial charge in [0.05, 0.1) is 18.4 Å². The maximum absolute atomic E-state index is 11.0. The van der Waals surface area contributed by atoms with Gasteiger partial charge >= 0.3 is 5.97 Å². The smallest absolute Gasteiger partial charge is 0.335 e. The Morgan fingerprint density at radius 3 is 3.00 bits per heavy atom. The number of carboxylic acids is 1. The molecule has 2 aliphatic rings. The number of anilines is 1. The van der Waals surface area contributed by atoms with Gasteiger partial charge in [-0.25, -0.2) is 4.79 Å². The van der Waals surface area contributed by atoms with Crippen molar-refractivity contribution < 1.29 is 14.6 Å². The fourth-order valence-electron chi connectivity index (χ4n) is 3.04. The molecule has 1 aromatic rings. The van der Waals surface area contributed by atoms with E-state index < -0.39 is 5.97 Å². The maximum atomic E-state index is 11.0. The van der Waals surface area contributed by atoms with Gasteiger partial charge in [0.15, 0.2) is 0 Å². The van der Waals surface area contributed by atoms with E-state index >= 15 is 0 Å². The molecule has 3 atom stereocenters. The molecule has 0 bridgehead atoms. The summed E-state index contributed by atoms with van der Waals surface area (Å²) in [5.41, 5.74) is 1.05. The van der Waals surface area contributed by atoms with E-state index in [9.17, 15) is 4.79 Å². The van der Waals surface area contributed by atoms with E-state index in [-0.39, 0.29) is 5.56 Å². The molecule has 2 N–H and O–H groups in total. The maximum Gasteiger partial charge on any atom is 0.335 e. The van der Waals surface area contributed by atoms with Crippen LogP contribution in [0.15, 0.2) is 30.4 Å². The molecule has 100 valence electrons. The molecule has 3 unspecified atom stereocenters. The van der Waals surface area contributed by atoms with Gasteiger partial charge in [-0.3, -0.25) is 0 Å². The van der Waals surface area contributed by atoms with Crippen LogP contribution in [-0.4, -0.2) is 24.2 Å². The lowest BCUT2D eigenvalue weighted by molar-refractivity contribution is 0.0697. The molecule has 0 heterocycles. The summed E-state index contributed by atoms with van der Waals surface area (Å²) >= 11 is 0. The van der Waals surface area contributed by atoms with Crippen LogP contribution in [-0.2, 0) is 0 Å². The highest BCUT2D eigenvalue weighted by atomic mass is 16.5. The molecular formula is C15H17NO3. The molecule has 0 saturated heterocycles. The zero-order valence-corrected chi connectivity index (χ0v) is 10.8. The highest BCUT2D eigenvalue weighted by Crippen LogP contribution is 2.44. The lowest BCUT2D eigenvalue weighted by Gasteiger charge is -2.41. The van der Waals surface area contributed by atoms with Crippen molar-refractivity contribution >= 4 is 11.7 Å². The Morgan fingerprint density at radius 2 is 2.32 bits per heavy atom. The number of rotatable bonds is 4. The van der Waals surface area contributed by atoms with Crippen LogP contribution in [0.3, 0.4) is 0 Å². The first-order valence-electron chi connectivity index (χ1n) is 6.53. The van der Waals surface area contributed by atoms with Gasteiger partial charge < -0.3 is 15.2 Å². The number of hydrogen-bond acceptors (Lipinski definition) is 3. The lowest BCUT2D eigenvalue weighted by Crippen LogP contribution is -2.43. The molecule has 19 heavy (non-hydrogen) atoms. The minimum absolute atomic E-state index is 0.279. The van der Waals surface area contributed by atoms with Crippen molar-refractivity contribution in [1.29, 1.82) is 0 Å². The zero-order valence-electron chi connectivity index (χ0n) is 10.8. The third-order valence-corrected chi connectivity index (χ3v) is 4.15. The van der Waals surface area contributed by atoms with Crippen LogP contribution < -0.4 is 10.1 Å². The summed E-state index contributed by atoms with van der Waals surface area (Å²) in [6.45, 7) is 0. The van der Waals surface area contributed by atoms with Crippen molar-refractivity contribution in [1.82, 2.24) is 0 Å². The molecule has 2 aliphatic carbocycles. The summed E-state index contributed by atoms with van der Waals surface area (Å²) < 4.78 is 5.29. The molecule has 0 amide bonds. The van der Waals surface area contributed by atoms with Gasteiger partial charge in [-0.15, -0.1) is 0 Å². The summed E-state index contributed by atoms with van der Waals surface area (Å²) in [5, 5.41) is 12.5. The Kier molecular flexibility index (Phi) is 2.93. The number of carboxylic acid groups (broad SMARTS) is 1. The number of nitrogens with one attached hydrogen (secondary N) is 1. The van der Waals surface area contributed by atoms with Crippen molar-refractivity contribution in [3.8, 4) is 5.75 Å². The number of hydrogen-bond donors (Lipinski definition) is 2. The highest BCUT2D eigenvalue weighted by molar-refractivity contribution is 5.89. The van der Waals surface area contributed by atoms with Gasteiger partial charge in [0.2, 0.25) is 0 Å². The molecule has 0 aliphatic heterocycles. The van der Waals surface area contributed by atoms with Gasteiger partial charge in [0.1, 0.15) is 5.75 Å². The second-order valence-corrected chi connectivity index (χ2v) is 5.21. The first kappa shape index (κ1) is 12.1. The minimum Gasteiger partial charge on any atom is -0.495 e. The Labute approximate surface area is 112 Å². The SMILES string of the molecule is COc1ccc(C(=O)O)cc1NC1CC2CC=CC21. The predicted octanol–water partition coefficient (Wildman–Crippen LogP) is 2.77. The molecule has 1 fully saturated rings. The number of methoxy groups -OCH3 is 1. The second kappa shape index (κ2) is 4.61. The third-order valence-electron chi connectivity index (χ3n) is 4.15.